The summed E-state index contributed by atoms with van der Waals surface area (Å²) >= 11 is 0. The maximum Gasteiger partial charge on any atom is 0.253 e. The largest absolute Gasteiger partial charge is 0.497 e. The molecule has 0 aliphatic rings. The van der Waals surface area contributed by atoms with Crippen LogP contribution in [0.2, 0.25) is 0 Å². The minimum absolute atomic E-state index is 0.0993. The van der Waals surface area contributed by atoms with Crippen molar-refractivity contribution in [1.29, 1.82) is 0 Å². The van der Waals surface area contributed by atoms with E-state index in [4.69, 9.17) is 4.74 Å². The molecular weight excluding hydrogens is 336 g/mol. The lowest BCUT2D eigenvalue weighted by Crippen LogP contribution is -2.30. The Morgan fingerprint density at radius 3 is 2.41 bits per heavy atom. The van der Waals surface area contributed by atoms with Crippen LogP contribution in [0.15, 0.2) is 36.4 Å². The summed E-state index contributed by atoms with van der Waals surface area (Å²) in [6, 6.07) is 12.3. The van der Waals surface area contributed by atoms with Gasteiger partial charge in [-0.3, -0.25) is 4.79 Å². The number of unbranched alkanes of at least 4 members (excludes halogenated alkanes) is 2. The van der Waals surface area contributed by atoms with Crippen molar-refractivity contribution in [1.82, 2.24) is 9.47 Å². The normalized spacial score (nSPS) is 11.3. The van der Waals surface area contributed by atoms with Crippen LogP contribution in [-0.4, -0.2) is 35.6 Å². The third kappa shape index (κ3) is 3.66. The van der Waals surface area contributed by atoms with E-state index < -0.39 is 0 Å². The summed E-state index contributed by atoms with van der Waals surface area (Å²) in [5, 5.41) is 2.32. The number of methoxy groups -OCH3 is 1. The van der Waals surface area contributed by atoms with Gasteiger partial charge in [0.15, 0.2) is 0 Å². The van der Waals surface area contributed by atoms with Gasteiger partial charge >= 0.3 is 0 Å². The van der Waals surface area contributed by atoms with Crippen LogP contribution in [0.25, 0.3) is 21.8 Å². The number of aryl methyl sites for hydroxylation is 1. The fourth-order valence-corrected chi connectivity index (χ4v) is 3.79. The molecule has 0 unspecified atom stereocenters. The molecular formula is C23H30N2O2. The molecule has 1 aromatic heterocycles. The summed E-state index contributed by atoms with van der Waals surface area (Å²) in [6.45, 7) is 8.69. The Kier molecular flexibility index (Phi) is 6.04. The van der Waals surface area contributed by atoms with E-state index in [1.165, 1.54) is 29.3 Å². The summed E-state index contributed by atoms with van der Waals surface area (Å²) in [7, 11) is 1.70. The SMILES string of the molecule is CCCCCn1c2ccc(C(=O)N(CC)CC)cc2c2ccc(OC)cc21. The lowest BCUT2D eigenvalue weighted by Gasteiger charge is -2.18. The fourth-order valence-electron chi connectivity index (χ4n) is 3.79. The number of nitrogens with zero attached hydrogens (tertiary/aromatic N) is 2. The van der Waals surface area contributed by atoms with Crippen LogP contribution < -0.4 is 4.74 Å². The van der Waals surface area contributed by atoms with Gasteiger partial charge < -0.3 is 14.2 Å². The van der Waals surface area contributed by atoms with Crippen LogP contribution in [0.3, 0.4) is 0 Å². The second-order valence-electron chi connectivity index (χ2n) is 6.95. The standard InChI is InChI=1S/C23H30N2O2/c1-5-8-9-14-25-21-13-10-17(23(26)24(6-2)7-3)15-20(21)19-12-11-18(27-4)16-22(19)25/h10-13,15-16H,5-9,14H2,1-4H3. The monoisotopic (exact) mass is 366 g/mol. The Morgan fingerprint density at radius 1 is 0.963 bits per heavy atom. The quantitative estimate of drug-likeness (QED) is 0.495. The molecule has 0 spiro atoms. The maximum atomic E-state index is 12.8. The van der Waals surface area contributed by atoms with E-state index in [0.717, 1.165) is 42.8 Å². The van der Waals surface area contributed by atoms with Gasteiger partial charge in [0.2, 0.25) is 0 Å². The minimum Gasteiger partial charge on any atom is -0.497 e. The second-order valence-corrected chi connectivity index (χ2v) is 6.95. The van der Waals surface area contributed by atoms with E-state index in [2.05, 4.69) is 35.8 Å². The number of hydrogen-bond acceptors (Lipinski definition) is 2. The molecule has 27 heavy (non-hydrogen) atoms. The summed E-state index contributed by atoms with van der Waals surface area (Å²) in [4.78, 5) is 14.7. The number of rotatable bonds is 8. The van der Waals surface area contributed by atoms with Crippen molar-refractivity contribution in [3.63, 3.8) is 0 Å². The molecule has 4 nitrogen and oxygen atoms in total. The first kappa shape index (κ1) is 19.3. The van der Waals surface area contributed by atoms with Crippen molar-refractivity contribution in [3.8, 4) is 5.75 Å². The number of hydrogen-bond donors (Lipinski definition) is 0. The van der Waals surface area contributed by atoms with Crippen molar-refractivity contribution in [3.05, 3.63) is 42.0 Å². The number of ether oxygens (including phenoxy) is 1. The third-order valence-electron chi connectivity index (χ3n) is 5.36. The first-order valence-electron chi connectivity index (χ1n) is 10.0. The zero-order valence-corrected chi connectivity index (χ0v) is 16.9. The molecule has 0 bridgehead atoms. The zero-order valence-electron chi connectivity index (χ0n) is 16.9. The first-order chi connectivity index (χ1) is 13.1. The van der Waals surface area contributed by atoms with E-state index in [1.807, 2.05) is 30.9 Å². The Morgan fingerprint density at radius 2 is 1.74 bits per heavy atom. The topological polar surface area (TPSA) is 34.5 Å². The van der Waals surface area contributed by atoms with Gasteiger partial charge in [0.25, 0.3) is 5.91 Å². The zero-order chi connectivity index (χ0) is 19.4. The summed E-state index contributed by atoms with van der Waals surface area (Å²) < 4.78 is 7.82. The van der Waals surface area contributed by atoms with Crippen molar-refractivity contribution < 1.29 is 9.53 Å². The number of carbonyl (C=O) groups excluding carboxylic acids is 1. The lowest BCUT2D eigenvalue weighted by atomic mass is 10.1. The van der Waals surface area contributed by atoms with Crippen LogP contribution in [0.1, 0.15) is 50.4 Å². The van der Waals surface area contributed by atoms with Gasteiger partial charge in [-0.1, -0.05) is 19.8 Å². The first-order valence-corrected chi connectivity index (χ1v) is 10.0. The number of amides is 1. The Bertz CT molecular complexity index is 938. The number of benzene rings is 2. The highest BCUT2D eigenvalue weighted by Crippen LogP contribution is 2.33. The molecule has 0 atom stereocenters. The summed E-state index contributed by atoms with van der Waals surface area (Å²) in [5.74, 6) is 0.962. The van der Waals surface area contributed by atoms with Crippen LogP contribution in [0, 0.1) is 0 Å². The molecule has 0 saturated heterocycles. The highest BCUT2D eigenvalue weighted by molar-refractivity contribution is 6.11. The van der Waals surface area contributed by atoms with Gasteiger partial charge in [0.05, 0.1) is 12.6 Å². The van der Waals surface area contributed by atoms with Gasteiger partial charge in [-0.05, 0) is 50.6 Å². The summed E-state index contributed by atoms with van der Waals surface area (Å²) in [6.07, 6.45) is 3.55. The third-order valence-corrected chi connectivity index (χ3v) is 5.36. The molecule has 0 saturated carbocycles. The van der Waals surface area contributed by atoms with Crippen molar-refractivity contribution in [2.75, 3.05) is 20.2 Å². The predicted molar refractivity (Wildman–Crippen MR) is 113 cm³/mol. The van der Waals surface area contributed by atoms with Gasteiger partial charge in [0, 0.05) is 47.6 Å². The highest BCUT2D eigenvalue weighted by Gasteiger charge is 2.16. The van der Waals surface area contributed by atoms with Crippen LogP contribution in [0.4, 0.5) is 0 Å². The van der Waals surface area contributed by atoms with Crippen molar-refractivity contribution in [2.45, 2.75) is 46.6 Å². The maximum absolute atomic E-state index is 12.8. The number of carbonyl (C=O) groups is 1. The smallest absolute Gasteiger partial charge is 0.253 e. The van der Waals surface area contributed by atoms with E-state index in [0.29, 0.717) is 0 Å². The van der Waals surface area contributed by atoms with E-state index in [9.17, 15) is 4.79 Å². The van der Waals surface area contributed by atoms with Gasteiger partial charge in [-0.2, -0.15) is 0 Å². The van der Waals surface area contributed by atoms with E-state index >= 15 is 0 Å². The van der Waals surface area contributed by atoms with Crippen molar-refractivity contribution >= 4 is 27.7 Å². The molecule has 3 aromatic rings. The molecule has 3 rings (SSSR count). The molecule has 4 heteroatoms. The second kappa shape index (κ2) is 8.47. The van der Waals surface area contributed by atoms with Crippen molar-refractivity contribution in [2.24, 2.45) is 0 Å². The Labute approximate surface area is 161 Å². The highest BCUT2D eigenvalue weighted by atomic mass is 16.5. The molecule has 144 valence electrons. The van der Waals surface area contributed by atoms with E-state index in [-0.39, 0.29) is 5.91 Å². The molecule has 0 fully saturated rings. The number of fused-ring (bicyclic) bond motifs is 3. The molecule has 0 aliphatic carbocycles. The van der Waals surface area contributed by atoms with Gasteiger partial charge in [0.1, 0.15) is 5.75 Å². The van der Waals surface area contributed by atoms with Gasteiger partial charge in [-0.15, -0.1) is 0 Å². The molecule has 2 aromatic carbocycles. The Balaban J connectivity index is 2.15. The molecule has 0 N–H and O–H groups in total. The van der Waals surface area contributed by atoms with Crippen LogP contribution >= 0.6 is 0 Å². The minimum atomic E-state index is 0.0993. The van der Waals surface area contributed by atoms with Crippen LogP contribution in [-0.2, 0) is 6.54 Å². The molecule has 0 radical (unpaired) electrons. The van der Waals surface area contributed by atoms with E-state index in [1.54, 1.807) is 7.11 Å². The fraction of sp³-hybridized carbons (Fsp3) is 0.435. The average molecular weight is 367 g/mol. The molecule has 0 aliphatic heterocycles. The average Bonchev–Trinajstić information content (AvgIpc) is 3.01. The van der Waals surface area contributed by atoms with Gasteiger partial charge in [-0.25, -0.2) is 0 Å². The summed E-state index contributed by atoms with van der Waals surface area (Å²) in [5.41, 5.74) is 3.12. The molecule has 1 amide bonds. The Hall–Kier alpha value is -2.49. The van der Waals surface area contributed by atoms with Crippen LogP contribution in [0.5, 0.6) is 5.75 Å². The number of aromatic nitrogens is 1. The lowest BCUT2D eigenvalue weighted by molar-refractivity contribution is 0.0773. The molecule has 1 heterocycles. The predicted octanol–water partition coefficient (Wildman–Crippen LogP) is 5.48.